The van der Waals surface area contributed by atoms with E-state index in [0.717, 1.165) is 31.9 Å². The minimum absolute atomic E-state index is 0.408. The van der Waals surface area contributed by atoms with Crippen LogP contribution >= 0.6 is 0 Å². The normalized spacial score (nSPS) is 11.6. The summed E-state index contributed by atoms with van der Waals surface area (Å²) < 4.78 is 0. The van der Waals surface area contributed by atoms with Crippen LogP contribution in [0.2, 0.25) is 0 Å². The van der Waals surface area contributed by atoms with E-state index in [-0.39, 0.29) is 0 Å². The van der Waals surface area contributed by atoms with Crippen LogP contribution in [0.3, 0.4) is 0 Å². The van der Waals surface area contributed by atoms with Gasteiger partial charge in [0.15, 0.2) is 5.96 Å². The molecule has 2 N–H and O–H groups in total. The Balaban J connectivity index is 2.16. The Morgan fingerprint density at radius 1 is 1.20 bits per heavy atom. The number of anilines is 1. The van der Waals surface area contributed by atoms with E-state index in [9.17, 15) is 0 Å². The topological polar surface area (TPSA) is 39.7 Å². The third-order valence-corrected chi connectivity index (χ3v) is 3.06. The van der Waals surface area contributed by atoms with Crippen molar-refractivity contribution in [2.24, 2.45) is 4.99 Å². The third kappa shape index (κ3) is 6.45. The zero-order chi connectivity index (χ0) is 14.8. The molecule has 0 heterocycles. The molecule has 0 saturated carbocycles. The first-order valence-electron chi connectivity index (χ1n) is 7.37. The molecule has 0 bridgehead atoms. The van der Waals surface area contributed by atoms with Gasteiger partial charge in [0.05, 0.1) is 0 Å². The Morgan fingerprint density at radius 3 is 2.50 bits per heavy atom. The summed E-state index contributed by atoms with van der Waals surface area (Å²) >= 11 is 0. The molecule has 0 saturated heterocycles. The van der Waals surface area contributed by atoms with E-state index < -0.39 is 0 Å². The van der Waals surface area contributed by atoms with Crippen molar-refractivity contribution in [3.8, 4) is 0 Å². The van der Waals surface area contributed by atoms with Crippen LogP contribution in [0, 0.1) is 0 Å². The van der Waals surface area contributed by atoms with Gasteiger partial charge in [-0.3, -0.25) is 4.99 Å². The first kappa shape index (κ1) is 16.3. The van der Waals surface area contributed by atoms with Crippen molar-refractivity contribution in [3.05, 3.63) is 30.3 Å². The van der Waals surface area contributed by atoms with Gasteiger partial charge in [-0.2, -0.15) is 0 Å². The highest BCUT2D eigenvalue weighted by atomic mass is 15.2. The van der Waals surface area contributed by atoms with Crippen molar-refractivity contribution < 1.29 is 0 Å². The van der Waals surface area contributed by atoms with Gasteiger partial charge < -0.3 is 15.5 Å². The highest BCUT2D eigenvalue weighted by molar-refractivity contribution is 5.79. The molecule has 0 atom stereocenters. The van der Waals surface area contributed by atoms with Crippen molar-refractivity contribution in [2.45, 2.75) is 32.7 Å². The maximum atomic E-state index is 4.19. The molecule has 1 rings (SSSR count). The molecular weight excluding hydrogens is 248 g/mol. The number of guanidine groups is 1. The molecule has 0 radical (unpaired) electrons. The van der Waals surface area contributed by atoms with E-state index in [1.807, 2.05) is 0 Å². The first-order chi connectivity index (χ1) is 9.63. The van der Waals surface area contributed by atoms with Gasteiger partial charge in [0.1, 0.15) is 0 Å². The van der Waals surface area contributed by atoms with Crippen molar-refractivity contribution in [3.63, 3.8) is 0 Å². The molecular formula is C16H28N4. The van der Waals surface area contributed by atoms with Crippen LogP contribution in [-0.4, -0.2) is 39.2 Å². The molecule has 0 spiro atoms. The van der Waals surface area contributed by atoms with Crippen LogP contribution in [0.15, 0.2) is 35.3 Å². The van der Waals surface area contributed by atoms with Crippen LogP contribution in [0.5, 0.6) is 0 Å². The summed E-state index contributed by atoms with van der Waals surface area (Å²) in [5.74, 6) is 0.886. The molecule has 0 aliphatic rings. The Bertz CT molecular complexity index is 387. The fourth-order valence-electron chi connectivity index (χ4n) is 1.96. The van der Waals surface area contributed by atoms with Gasteiger partial charge in [0.25, 0.3) is 0 Å². The van der Waals surface area contributed by atoms with Crippen LogP contribution in [0.1, 0.15) is 26.7 Å². The minimum Gasteiger partial charge on any atom is -0.375 e. The second-order valence-electron chi connectivity index (χ2n) is 5.26. The lowest BCUT2D eigenvalue weighted by Crippen LogP contribution is -2.41. The Morgan fingerprint density at radius 2 is 1.90 bits per heavy atom. The third-order valence-electron chi connectivity index (χ3n) is 3.06. The van der Waals surface area contributed by atoms with Gasteiger partial charge in [-0.15, -0.1) is 0 Å². The summed E-state index contributed by atoms with van der Waals surface area (Å²) in [6.07, 6.45) is 2.30. The lowest BCUT2D eigenvalue weighted by molar-refractivity contribution is 0.664. The zero-order valence-electron chi connectivity index (χ0n) is 13.2. The van der Waals surface area contributed by atoms with Gasteiger partial charge in [0, 0.05) is 38.9 Å². The molecule has 112 valence electrons. The van der Waals surface area contributed by atoms with Crippen LogP contribution in [-0.2, 0) is 0 Å². The summed E-state index contributed by atoms with van der Waals surface area (Å²) in [5.41, 5.74) is 1.28. The minimum atomic E-state index is 0.408. The number of hydrogen-bond acceptors (Lipinski definition) is 2. The van der Waals surface area contributed by atoms with E-state index in [1.165, 1.54) is 5.69 Å². The van der Waals surface area contributed by atoms with Gasteiger partial charge in [-0.05, 0) is 38.8 Å². The predicted octanol–water partition coefficient (Wildman–Crippen LogP) is 2.48. The molecule has 4 heteroatoms. The van der Waals surface area contributed by atoms with Crippen molar-refractivity contribution >= 4 is 11.6 Å². The monoisotopic (exact) mass is 276 g/mol. The molecule has 4 nitrogen and oxygen atoms in total. The highest BCUT2D eigenvalue weighted by Crippen LogP contribution is 2.11. The molecule has 0 amide bonds. The van der Waals surface area contributed by atoms with Crippen molar-refractivity contribution in [1.29, 1.82) is 0 Å². The maximum absolute atomic E-state index is 4.19. The van der Waals surface area contributed by atoms with Gasteiger partial charge in [-0.25, -0.2) is 0 Å². The molecule has 1 aromatic rings. The Kier molecular flexibility index (Phi) is 7.55. The number of hydrogen-bond donors (Lipinski definition) is 2. The summed E-state index contributed by atoms with van der Waals surface area (Å²) in [5, 5.41) is 6.62. The van der Waals surface area contributed by atoms with Gasteiger partial charge in [0.2, 0.25) is 0 Å². The smallest absolute Gasteiger partial charge is 0.191 e. The van der Waals surface area contributed by atoms with Crippen LogP contribution < -0.4 is 15.5 Å². The molecule has 0 fully saturated rings. The number of unbranched alkanes of at least 4 members (excludes halogenated alkanes) is 1. The number of nitrogens with one attached hydrogen (secondary N) is 2. The number of para-hydroxylation sites is 1. The van der Waals surface area contributed by atoms with E-state index in [2.05, 4.69) is 71.8 Å². The fraction of sp³-hybridized carbons (Fsp3) is 0.562. The number of benzene rings is 1. The number of nitrogens with zero attached hydrogens (tertiary/aromatic N) is 2. The lowest BCUT2D eigenvalue weighted by Gasteiger charge is -2.19. The van der Waals surface area contributed by atoms with Crippen LogP contribution in [0.4, 0.5) is 5.69 Å². The standard InChI is InChI=1S/C16H28N4/c1-14(2)19-16(17-3)18-12-8-9-13-20(4)15-10-6-5-7-11-15/h5-7,10-11,14H,8-9,12-13H2,1-4H3,(H2,17,18,19). The molecule has 0 aliphatic heterocycles. The first-order valence-corrected chi connectivity index (χ1v) is 7.37. The number of aliphatic imine (C=N–C) groups is 1. The van der Waals surface area contributed by atoms with Crippen LogP contribution in [0.25, 0.3) is 0 Å². The summed E-state index contributed by atoms with van der Waals surface area (Å²) in [6.45, 7) is 6.25. The lowest BCUT2D eigenvalue weighted by atomic mass is 10.2. The Hall–Kier alpha value is -1.71. The molecule has 0 aromatic heterocycles. The summed E-state index contributed by atoms with van der Waals surface area (Å²) in [4.78, 5) is 6.49. The quantitative estimate of drug-likeness (QED) is 0.456. The highest BCUT2D eigenvalue weighted by Gasteiger charge is 2.01. The van der Waals surface area contributed by atoms with Gasteiger partial charge in [-0.1, -0.05) is 18.2 Å². The predicted molar refractivity (Wildman–Crippen MR) is 88.6 cm³/mol. The largest absolute Gasteiger partial charge is 0.375 e. The van der Waals surface area contributed by atoms with E-state index in [1.54, 1.807) is 7.05 Å². The van der Waals surface area contributed by atoms with E-state index in [4.69, 9.17) is 0 Å². The molecule has 0 aliphatic carbocycles. The SMILES string of the molecule is CN=C(NCCCCN(C)c1ccccc1)NC(C)C. The summed E-state index contributed by atoms with van der Waals surface area (Å²) in [6, 6.07) is 10.9. The zero-order valence-corrected chi connectivity index (χ0v) is 13.2. The molecule has 0 unspecified atom stereocenters. The van der Waals surface area contributed by atoms with Crippen molar-refractivity contribution in [1.82, 2.24) is 10.6 Å². The number of rotatable bonds is 7. The maximum Gasteiger partial charge on any atom is 0.191 e. The van der Waals surface area contributed by atoms with Crippen molar-refractivity contribution in [2.75, 3.05) is 32.1 Å². The molecule has 20 heavy (non-hydrogen) atoms. The van der Waals surface area contributed by atoms with E-state index >= 15 is 0 Å². The molecule has 1 aromatic carbocycles. The second-order valence-corrected chi connectivity index (χ2v) is 5.26. The Labute approximate surface area is 123 Å². The average Bonchev–Trinajstić information content (AvgIpc) is 2.46. The average molecular weight is 276 g/mol. The van der Waals surface area contributed by atoms with Gasteiger partial charge >= 0.3 is 0 Å². The fourth-order valence-corrected chi connectivity index (χ4v) is 1.96. The summed E-state index contributed by atoms with van der Waals surface area (Å²) in [7, 11) is 3.95. The second kappa shape index (κ2) is 9.23. The van der Waals surface area contributed by atoms with E-state index in [0.29, 0.717) is 6.04 Å².